The molecule has 0 aliphatic carbocycles. The molecule has 7 heteroatoms. The molecule has 0 spiro atoms. The topological polar surface area (TPSA) is 81.2 Å². The molecule has 2 heterocycles. The minimum absolute atomic E-state index is 0.0314. The molecule has 4 rings (SSSR count). The molecule has 0 aliphatic rings. The summed E-state index contributed by atoms with van der Waals surface area (Å²) < 4.78 is 23.7. The van der Waals surface area contributed by atoms with Crippen molar-refractivity contribution in [2.45, 2.75) is 6.54 Å². The molecular formula is C20H14FN3O3. The van der Waals surface area contributed by atoms with Crippen molar-refractivity contribution in [2.75, 3.05) is 0 Å². The number of nitrogens with zero attached hydrogens (tertiary/aromatic N) is 2. The van der Waals surface area contributed by atoms with Crippen molar-refractivity contribution in [1.29, 1.82) is 0 Å². The van der Waals surface area contributed by atoms with Gasteiger partial charge in [0.05, 0.1) is 12.7 Å². The zero-order valence-corrected chi connectivity index (χ0v) is 14.1. The van der Waals surface area contributed by atoms with Crippen molar-refractivity contribution < 1.29 is 18.1 Å². The van der Waals surface area contributed by atoms with Gasteiger partial charge in [0.25, 0.3) is 5.89 Å². The molecule has 27 heavy (non-hydrogen) atoms. The van der Waals surface area contributed by atoms with Crippen LogP contribution in [0.25, 0.3) is 22.6 Å². The molecule has 2 aromatic heterocycles. The van der Waals surface area contributed by atoms with Crippen molar-refractivity contribution >= 4 is 5.91 Å². The Morgan fingerprint density at radius 3 is 2.52 bits per heavy atom. The molecule has 6 nitrogen and oxygen atoms in total. The Kier molecular flexibility index (Phi) is 4.49. The van der Waals surface area contributed by atoms with Gasteiger partial charge in [0, 0.05) is 17.2 Å². The van der Waals surface area contributed by atoms with Gasteiger partial charge in [0.15, 0.2) is 11.5 Å². The third kappa shape index (κ3) is 3.77. The van der Waals surface area contributed by atoms with Crippen LogP contribution in [-0.4, -0.2) is 16.0 Å². The number of carbonyl (C=O) groups is 1. The van der Waals surface area contributed by atoms with Crippen LogP contribution in [0.5, 0.6) is 0 Å². The van der Waals surface area contributed by atoms with Gasteiger partial charge in [-0.3, -0.25) is 4.79 Å². The van der Waals surface area contributed by atoms with E-state index in [4.69, 9.17) is 8.94 Å². The molecule has 4 aromatic rings. The van der Waals surface area contributed by atoms with Crippen LogP contribution in [0, 0.1) is 5.82 Å². The van der Waals surface area contributed by atoms with E-state index in [-0.39, 0.29) is 18.3 Å². The number of benzene rings is 2. The average molecular weight is 363 g/mol. The largest absolute Gasteiger partial charge is 0.432 e. The smallest absolute Gasteiger partial charge is 0.307 e. The lowest BCUT2D eigenvalue weighted by atomic mass is 10.1. The van der Waals surface area contributed by atoms with E-state index in [9.17, 15) is 9.18 Å². The number of rotatable bonds is 5. The minimum atomic E-state index is -0.455. The van der Waals surface area contributed by atoms with Gasteiger partial charge in [0.1, 0.15) is 11.5 Å². The van der Waals surface area contributed by atoms with Crippen LogP contribution in [0.3, 0.4) is 0 Å². The highest BCUT2D eigenvalue weighted by atomic mass is 19.1. The molecular weight excluding hydrogens is 349 g/mol. The van der Waals surface area contributed by atoms with Crippen LogP contribution in [0.4, 0.5) is 4.39 Å². The van der Waals surface area contributed by atoms with Gasteiger partial charge < -0.3 is 14.3 Å². The molecule has 1 N–H and O–H groups in total. The summed E-state index contributed by atoms with van der Waals surface area (Å²) in [5.74, 6) is 0.189. The van der Waals surface area contributed by atoms with Gasteiger partial charge in [0.2, 0.25) is 0 Å². The van der Waals surface area contributed by atoms with Crippen LogP contribution in [0.15, 0.2) is 75.8 Å². The third-order valence-electron chi connectivity index (χ3n) is 3.88. The van der Waals surface area contributed by atoms with Crippen molar-refractivity contribution in [1.82, 2.24) is 15.5 Å². The second kappa shape index (κ2) is 7.25. The van der Waals surface area contributed by atoms with Gasteiger partial charge in [-0.1, -0.05) is 35.5 Å². The molecule has 0 saturated carbocycles. The van der Waals surface area contributed by atoms with Crippen LogP contribution in [0.2, 0.25) is 0 Å². The number of carbonyl (C=O) groups excluding carboxylic acids is 1. The summed E-state index contributed by atoms with van der Waals surface area (Å²) in [6, 6.07) is 16.9. The third-order valence-corrected chi connectivity index (χ3v) is 3.88. The van der Waals surface area contributed by atoms with Crippen molar-refractivity contribution in [3.63, 3.8) is 0 Å². The number of aromatic nitrogens is 2. The second-order valence-electron chi connectivity index (χ2n) is 5.77. The fourth-order valence-electron chi connectivity index (χ4n) is 2.51. The summed E-state index contributed by atoms with van der Waals surface area (Å²) in [6.45, 7) is 0.145. The summed E-state index contributed by atoms with van der Waals surface area (Å²) in [5.41, 5.74) is 2.06. The summed E-state index contributed by atoms with van der Waals surface area (Å²) in [7, 11) is 0. The molecule has 0 aliphatic heterocycles. The van der Waals surface area contributed by atoms with Crippen molar-refractivity contribution in [2.24, 2.45) is 0 Å². The Morgan fingerprint density at radius 1 is 1.00 bits per heavy atom. The first-order valence-electron chi connectivity index (χ1n) is 8.20. The zero-order valence-electron chi connectivity index (χ0n) is 14.1. The maximum atomic E-state index is 13.0. The standard InChI is InChI=1S/C20H14FN3O3/c21-15-8-6-14(7-9-15)17-10-16(24-27-17)11-22-19(25)20-23-12-18(26-20)13-4-2-1-3-5-13/h1-10,12H,11H2,(H,22,25). The highest BCUT2D eigenvalue weighted by Crippen LogP contribution is 2.21. The Hall–Kier alpha value is -3.74. The Labute approximate surface area is 153 Å². The quantitative estimate of drug-likeness (QED) is 0.578. The van der Waals surface area contributed by atoms with E-state index in [0.29, 0.717) is 22.8 Å². The number of oxazole rings is 1. The predicted octanol–water partition coefficient (Wildman–Crippen LogP) is 4.07. The molecule has 0 saturated heterocycles. The number of halogens is 1. The van der Waals surface area contributed by atoms with E-state index in [0.717, 1.165) is 5.56 Å². The van der Waals surface area contributed by atoms with Gasteiger partial charge in [-0.25, -0.2) is 9.37 Å². The first-order chi connectivity index (χ1) is 13.2. The lowest BCUT2D eigenvalue weighted by Crippen LogP contribution is -2.23. The lowest BCUT2D eigenvalue weighted by Gasteiger charge is -1.98. The van der Waals surface area contributed by atoms with Crippen LogP contribution < -0.4 is 5.32 Å². The highest BCUT2D eigenvalue weighted by Gasteiger charge is 2.15. The van der Waals surface area contributed by atoms with Gasteiger partial charge >= 0.3 is 5.91 Å². The highest BCUT2D eigenvalue weighted by molar-refractivity contribution is 5.89. The van der Waals surface area contributed by atoms with Crippen molar-refractivity contribution in [3.8, 4) is 22.6 Å². The zero-order chi connectivity index (χ0) is 18.6. The molecule has 1 amide bonds. The first-order valence-corrected chi connectivity index (χ1v) is 8.20. The number of nitrogens with one attached hydrogen (secondary N) is 1. The van der Waals surface area contributed by atoms with Crippen LogP contribution in [-0.2, 0) is 6.54 Å². The van der Waals surface area contributed by atoms with Gasteiger partial charge in [-0.15, -0.1) is 0 Å². The van der Waals surface area contributed by atoms with E-state index in [1.807, 2.05) is 30.3 Å². The fraction of sp³-hybridized carbons (Fsp3) is 0.0500. The Balaban J connectivity index is 1.40. The van der Waals surface area contributed by atoms with E-state index < -0.39 is 5.91 Å². The van der Waals surface area contributed by atoms with Gasteiger partial charge in [-0.05, 0) is 24.3 Å². The van der Waals surface area contributed by atoms with E-state index in [1.54, 1.807) is 18.2 Å². The molecule has 0 radical (unpaired) electrons. The molecule has 0 atom stereocenters. The molecule has 0 fully saturated rings. The molecule has 2 aromatic carbocycles. The molecule has 0 bridgehead atoms. The van der Waals surface area contributed by atoms with E-state index in [1.165, 1.54) is 18.3 Å². The summed E-state index contributed by atoms with van der Waals surface area (Å²) in [4.78, 5) is 16.2. The number of amides is 1. The lowest BCUT2D eigenvalue weighted by molar-refractivity contribution is 0.0916. The van der Waals surface area contributed by atoms with Gasteiger partial charge in [-0.2, -0.15) is 0 Å². The maximum absolute atomic E-state index is 13.0. The number of hydrogen-bond donors (Lipinski definition) is 1. The van der Waals surface area contributed by atoms with Crippen LogP contribution in [0.1, 0.15) is 16.4 Å². The molecule has 0 unspecified atom stereocenters. The van der Waals surface area contributed by atoms with E-state index in [2.05, 4.69) is 15.5 Å². The maximum Gasteiger partial charge on any atom is 0.307 e. The fourth-order valence-corrected chi connectivity index (χ4v) is 2.51. The molecule has 134 valence electrons. The Bertz CT molecular complexity index is 1060. The van der Waals surface area contributed by atoms with E-state index >= 15 is 0 Å². The number of hydrogen-bond acceptors (Lipinski definition) is 5. The Morgan fingerprint density at radius 2 is 1.74 bits per heavy atom. The SMILES string of the molecule is O=C(NCc1cc(-c2ccc(F)cc2)on1)c1ncc(-c2ccccc2)o1. The summed E-state index contributed by atoms with van der Waals surface area (Å²) in [6.07, 6.45) is 1.51. The average Bonchev–Trinajstić information content (AvgIpc) is 3.37. The summed E-state index contributed by atoms with van der Waals surface area (Å²) in [5, 5.41) is 6.58. The minimum Gasteiger partial charge on any atom is -0.432 e. The van der Waals surface area contributed by atoms with Crippen LogP contribution >= 0.6 is 0 Å². The normalized spacial score (nSPS) is 10.7. The first kappa shape index (κ1) is 16.7. The van der Waals surface area contributed by atoms with Crippen molar-refractivity contribution in [3.05, 3.63) is 84.3 Å². The second-order valence-corrected chi connectivity index (χ2v) is 5.77. The predicted molar refractivity (Wildman–Crippen MR) is 95.0 cm³/mol. The summed E-state index contributed by atoms with van der Waals surface area (Å²) >= 11 is 0. The monoisotopic (exact) mass is 363 g/mol.